The predicted molar refractivity (Wildman–Crippen MR) is 67.8 cm³/mol. The molecule has 1 aliphatic heterocycles. The average Bonchev–Trinajstić information content (AvgIpc) is 2.51. The molecule has 0 nitrogen and oxygen atoms in total. The minimum absolute atomic E-state index is 0.765. The minimum atomic E-state index is -0.765. The van der Waals surface area contributed by atoms with Crippen LogP contribution < -0.4 is 0 Å². The van der Waals surface area contributed by atoms with Gasteiger partial charge in [0.1, 0.15) is 0 Å². The van der Waals surface area contributed by atoms with E-state index in [4.69, 9.17) is 0 Å². The van der Waals surface area contributed by atoms with Crippen molar-refractivity contribution in [3.63, 3.8) is 0 Å². The molecule has 0 aromatic heterocycles. The molecule has 2 aromatic carbocycles. The van der Waals surface area contributed by atoms with Gasteiger partial charge in [0.05, 0.1) is 0 Å². The van der Waals surface area contributed by atoms with Crippen molar-refractivity contribution in [3.8, 4) is 11.1 Å². The quantitative estimate of drug-likeness (QED) is 0.618. The Kier molecular flexibility index (Phi) is 1.74. The molecule has 76 valence electrons. The van der Waals surface area contributed by atoms with Crippen LogP contribution in [0.2, 0.25) is 0 Å². The van der Waals surface area contributed by atoms with Crippen LogP contribution in [-0.2, 0) is 0 Å². The zero-order chi connectivity index (χ0) is 10.5. The smallest absolute Gasteiger partial charge is 0.00153 e. The van der Waals surface area contributed by atoms with Crippen molar-refractivity contribution in [2.45, 2.75) is 9.79 Å². The first-order valence-electron chi connectivity index (χ1n) is 5.13. The molecule has 0 spiro atoms. The molecule has 0 unspecified atom stereocenters. The maximum atomic E-state index is 2.39. The van der Waals surface area contributed by atoms with Gasteiger partial charge in [0, 0.05) is 9.79 Å². The van der Waals surface area contributed by atoms with E-state index in [0.29, 0.717) is 0 Å². The van der Waals surface area contributed by atoms with Crippen molar-refractivity contribution in [3.05, 3.63) is 48.5 Å². The SMILES string of the molecule is CS1(C)c2ccccc2-c2ccccc21. The summed E-state index contributed by atoms with van der Waals surface area (Å²) in [5.41, 5.74) is 2.88. The van der Waals surface area contributed by atoms with Crippen LogP contribution in [0.1, 0.15) is 0 Å². The third-order valence-electron chi connectivity index (χ3n) is 3.16. The lowest BCUT2D eigenvalue weighted by Gasteiger charge is -2.27. The normalized spacial score (nSPS) is 18.0. The molecular formula is C14H14S. The van der Waals surface area contributed by atoms with E-state index in [1.807, 2.05) is 0 Å². The number of hydrogen-bond acceptors (Lipinski definition) is 0. The lowest BCUT2D eigenvalue weighted by molar-refractivity contribution is 1.45. The lowest BCUT2D eigenvalue weighted by Crippen LogP contribution is -1.91. The summed E-state index contributed by atoms with van der Waals surface area (Å²) < 4.78 is 0. The summed E-state index contributed by atoms with van der Waals surface area (Å²) >= 11 is 0. The first kappa shape index (κ1) is 9.05. The van der Waals surface area contributed by atoms with E-state index in [1.165, 1.54) is 20.9 Å². The topological polar surface area (TPSA) is 0 Å². The average molecular weight is 214 g/mol. The Hall–Kier alpha value is -1.21. The molecule has 0 radical (unpaired) electrons. The van der Waals surface area contributed by atoms with Crippen molar-refractivity contribution in [2.24, 2.45) is 0 Å². The molecule has 0 saturated carbocycles. The Morgan fingerprint density at radius 3 is 1.53 bits per heavy atom. The van der Waals surface area contributed by atoms with E-state index >= 15 is 0 Å². The Morgan fingerprint density at radius 2 is 1.07 bits per heavy atom. The summed E-state index contributed by atoms with van der Waals surface area (Å²) in [6, 6.07) is 17.6. The fraction of sp³-hybridized carbons (Fsp3) is 0.143. The molecule has 1 aliphatic rings. The van der Waals surface area contributed by atoms with Crippen LogP contribution in [0.5, 0.6) is 0 Å². The molecule has 0 aliphatic carbocycles. The highest BCUT2D eigenvalue weighted by molar-refractivity contribution is 8.33. The summed E-state index contributed by atoms with van der Waals surface area (Å²) in [6.07, 6.45) is 4.77. The Bertz CT molecular complexity index is 479. The first-order chi connectivity index (χ1) is 7.21. The van der Waals surface area contributed by atoms with Gasteiger partial charge in [-0.05, 0) is 35.8 Å². The van der Waals surface area contributed by atoms with E-state index in [0.717, 1.165) is 0 Å². The standard InChI is InChI=1S/C14H14S/c1-15(2)13-9-5-3-7-11(13)12-8-4-6-10-14(12)15/h3-10H,1-2H3. The van der Waals surface area contributed by atoms with Crippen LogP contribution in [0.15, 0.2) is 58.3 Å². The van der Waals surface area contributed by atoms with Gasteiger partial charge < -0.3 is 0 Å². The largest absolute Gasteiger partial charge is 0.192 e. The lowest BCUT2D eigenvalue weighted by atomic mass is 10.1. The van der Waals surface area contributed by atoms with E-state index in [2.05, 4.69) is 61.0 Å². The fourth-order valence-electron chi connectivity index (χ4n) is 2.39. The highest BCUT2D eigenvalue weighted by Crippen LogP contribution is 2.66. The number of hydrogen-bond donors (Lipinski definition) is 0. The van der Waals surface area contributed by atoms with Gasteiger partial charge in [0.2, 0.25) is 0 Å². The summed E-state index contributed by atoms with van der Waals surface area (Å²) in [4.78, 5) is 3.07. The second-order valence-electron chi connectivity index (χ2n) is 4.32. The van der Waals surface area contributed by atoms with Gasteiger partial charge >= 0.3 is 0 Å². The van der Waals surface area contributed by atoms with Crippen LogP contribution >= 0.6 is 10.0 Å². The molecule has 2 aromatic rings. The number of rotatable bonds is 0. The molecule has 0 N–H and O–H groups in total. The van der Waals surface area contributed by atoms with E-state index in [1.54, 1.807) is 0 Å². The third kappa shape index (κ3) is 1.10. The highest BCUT2D eigenvalue weighted by atomic mass is 32.3. The molecule has 0 atom stereocenters. The summed E-state index contributed by atoms with van der Waals surface area (Å²) in [6.45, 7) is 0. The molecule has 0 fully saturated rings. The molecular weight excluding hydrogens is 200 g/mol. The first-order valence-corrected chi connectivity index (χ1v) is 7.58. The predicted octanol–water partition coefficient (Wildman–Crippen LogP) is 4.15. The summed E-state index contributed by atoms with van der Waals surface area (Å²) in [7, 11) is -0.765. The van der Waals surface area contributed by atoms with Crippen LogP contribution in [0, 0.1) is 0 Å². The maximum Gasteiger partial charge on any atom is 0.00153 e. The van der Waals surface area contributed by atoms with Gasteiger partial charge in [0.15, 0.2) is 0 Å². The van der Waals surface area contributed by atoms with Crippen molar-refractivity contribution in [2.75, 3.05) is 12.5 Å². The zero-order valence-electron chi connectivity index (χ0n) is 9.03. The Balaban J connectivity index is 2.42. The van der Waals surface area contributed by atoms with Crippen LogP contribution in [0.3, 0.4) is 0 Å². The van der Waals surface area contributed by atoms with Gasteiger partial charge in [-0.3, -0.25) is 0 Å². The van der Waals surface area contributed by atoms with Crippen LogP contribution in [0.4, 0.5) is 0 Å². The maximum absolute atomic E-state index is 2.39. The van der Waals surface area contributed by atoms with Gasteiger partial charge in [-0.25, -0.2) is 0 Å². The Labute approximate surface area is 92.3 Å². The van der Waals surface area contributed by atoms with E-state index < -0.39 is 10.0 Å². The van der Waals surface area contributed by atoms with E-state index in [9.17, 15) is 0 Å². The van der Waals surface area contributed by atoms with Crippen LogP contribution in [0.25, 0.3) is 11.1 Å². The monoisotopic (exact) mass is 214 g/mol. The number of fused-ring (bicyclic) bond motifs is 3. The zero-order valence-corrected chi connectivity index (χ0v) is 9.84. The molecule has 0 bridgehead atoms. The molecule has 0 saturated heterocycles. The molecule has 3 rings (SSSR count). The third-order valence-corrected chi connectivity index (χ3v) is 6.07. The van der Waals surface area contributed by atoms with Crippen LogP contribution in [-0.4, -0.2) is 12.5 Å². The van der Waals surface area contributed by atoms with Gasteiger partial charge in [-0.1, -0.05) is 36.4 Å². The fourth-order valence-corrected chi connectivity index (χ4v) is 4.92. The van der Waals surface area contributed by atoms with Gasteiger partial charge in [-0.2, -0.15) is 10.0 Å². The number of benzene rings is 2. The molecule has 0 amide bonds. The summed E-state index contributed by atoms with van der Waals surface area (Å²) in [5.74, 6) is 0. The van der Waals surface area contributed by atoms with Gasteiger partial charge in [0.25, 0.3) is 0 Å². The van der Waals surface area contributed by atoms with Crippen molar-refractivity contribution >= 4 is 10.0 Å². The molecule has 1 heteroatoms. The highest BCUT2D eigenvalue weighted by Gasteiger charge is 2.30. The second-order valence-corrected chi connectivity index (χ2v) is 7.85. The Morgan fingerprint density at radius 1 is 0.667 bits per heavy atom. The van der Waals surface area contributed by atoms with E-state index in [-0.39, 0.29) is 0 Å². The second kappa shape index (κ2) is 2.89. The summed E-state index contributed by atoms with van der Waals surface area (Å²) in [5, 5.41) is 0. The van der Waals surface area contributed by atoms with Crippen molar-refractivity contribution < 1.29 is 0 Å². The molecule has 15 heavy (non-hydrogen) atoms. The molecule has 1 heterocycles. The van der Waals surface area contributed by atoms with Gasteiger partial charge in [-0.15, -0.1) is 0 Å². The van der Waals surface area contributed by atoms with Crippen molar-refractivity contribution in [1.82, 2.24) is 0 Å². The minimum Gasteiger partial charge on any atom is -0.192 e. The van der Waals surface area contributed by atoms with Crippen molar-refractivity contribution in [1.29, 1.82) is 0 Å².